The van der Waals surface area contributed by atoms with Crippen molar-refractivity contribution in [3.8, 4) is 5.75 Å². The number of carbonyl (C=O) groups is 2. The van der Waals surface area contributed by atoms with E-state index in [4.69, 9.17) is 14.6 Å². The summed E-state index contributed by atoms with van der Waals surface area (Å²) >= 11 is 0. The summed E-state index contributed by atoms with van der Waals surface area (Å²) in [4.78, 5) is 23.8. The molecule has 0 atom stereocenters. The van der Waals surface area contributed by atoms with E-state index in [2.05, 4.69) is 0 Å². The van der Waals surface area contributed by atoms with Crippen LogP contribution in [0, 0.1) is 5.82 Å². The Labute approximate surface area is 128 Å². The van der Waals surface area contributed by atoms with Crippen LogP contribution >= 0.6 is 0 Å². The van der Waals surface area contributed by atoms with Gasteiger partial charge in [0.2, 0.25) is 0 Å². The minimum atomic E-state index is -1.16. The van der Waals surface area contributed by atoms with Crippen molar-refractivity contribution in [1.29, 1.82) is 0 Å². The van der Waals surface area contributed by atoms with Crippen LogP contribution in [0.15, 0.2) is 24.3 Å². The molecule has 122 valence electrons. The number of carboxylic acid groups (broad SMARTS) is 1. The molecule has 22 heavy (non-hydrogen) atoms. The zero-order valence-electron chi connectivity index (χ0n) is 12.8. The lowest BCUT2D eigenvalue weighted by molar-refractivity contribution is -0.138. The molecule has 0 unspecified atom stereocenters. The Morgan fingerprint density at radius 2 is 2.00 bits per heavy atom. The van der Waals surface area contributed by atoms with Crippen LogP contribution < -0.4 is 4.74 Å². The molecule has 6 nitrogen and oxygen atoms in total. The van der Waals surface area contributed by atoms with Gasteiger partial charge in [0.05, 0.1) is 6.54 Å². The second-order valence-corrected chi connectivity index (χ2v) is 5.60. The lowest BCUT2D eigenvalue weighted by Gasteiger charge is -2.26. The van der Waals surface area contributed by atoms with Crippen LogP contribution in [0.1, 0.15) is 20.8 Å². The molecule has 1 rings (SSSR count). The Kier molecular flexibility index (Phi) is 6.15. The fourth-order valence-electron chi connectivity index (χ4n) is 1.56. The van der Waals surface area contributed by atoms with Crippen molar-refractivity contribution >= 4 is 12.1 Å². The number of nitrogens with zero attached hydrogens (tertiary/aromatic N) is 1. The van der Waals surface area contributed by atoms with Crippen LogP contribution in [-0.4, -0.2) is 47.4 Å². The first-order valence-electron chi connectivity index (χ1n) is 6.75. The summed E-state index contributed by atoms with van der Waals surface area (Å²) in [5.74, 6) is -1.29. The predicted octanol–water partition coefficient (Wildman–Crippen LogP) is 2.53. The molecule has 0 aliphatic heterocycles. The van der Waals surface area contributed by atoms with Gasteiger partial charge in [0, 0.05) is 6.07 Å². The van der Waals surface area contributed by atoms with Gasteiger partial charge in [0.15, 0.2) is 0 Å². The number of rotatable bonds is 6. The van der Waals surface area contributed by atoms with E-state index in [0.29, 0.717) is 5.75 Å². The van der Waals surface area contributed by atoms with Crippen molar-refractivity contribution in [3.05, 3.63) is 30.1 Å². The number of amides is 1. The summed E-state index contributed by atoms with van der Waals surface area (Å²) in [6.45, 7) is 4.60. The number of halogens is 1. The van der Waals surface area contributed by atoms with E-state index >= 15 is 0 Å². The van der Waals surface area contributed by atoms with Gasteiger partial charge in [-0.3, -0.25) is 9.69 Å². The van der Waals surface area contributed by atoms with E-state index < -0.39 is 30.0 Å². The van der Waals surface area contributed by atoms with E-state index in [1.807, 2.05) is 0 Å². The number of carboxylic acids is 1. The third-order valence-electron chi connectivity index (χ3n) is 2.40. The second kappa shape index (κ2) is 7.63. The molecule has 0 spiro atoms. The van der Waals surface area contributed by atoms with Crippen molar-refractivity contribution in [2.45, 2.75) is 26.4 Å². The molecule has 0 aliphatic carbocycles. The summed E-state index contributed by atoms with van der Waals surface area (Å²) in [5, 5.41) is 8.84. The van der Waals surface area contributed by atoms with E-state index in [9.17, 15) is 14.0 Å². The smallest absolute Gasteiger partial charge is 0.410 e. The first kappa shape index (κ1) is 17.7. The molecule has 0 bridgehead atoms. The van der Waals surface area contributed by atoms with Crippen LogP contribution in [-0.2, 0) is 9.53 Å². The molecular formula is C15H20FNO5. The van der Waals surface area contributed by atoms with Crippen molar-refractivity contribution in [3.63, 3.8) is 0 Å². The number of hydrogen-bond donors (Lipinski definition) is 1. The van der Waals surface area contributed by atoms with Gasteiger partial charge < -0.3 is 14.6 Å². The highest BCUT2D eigenvalue weighted by Crippen LogP contribution is 2.13. The van der Waals surface area contributed by atoms with Crippen LogP contribution in [0.25, 0.3) is 0 Å². The van der Waals surface area contributed by atoms with Gasteiger partial charge in [-0.05, 0) is 32.9 Å². The summed E-state index contributed by atoms with van der Waals surface area (Å²) in [6.07, 6.45) is -0.738. The maximum atomic E-state index is 13.0. The summed E-state index contributed by atoms with van der Waals surface area (Å²) in [6, 6.07) is 5.55. The maximum absolute atomic E-state index is 13.0. The summed E-state index contributed by atoms with van der Waals surface area (Å²) < 4.78 is 23.4. The van der Waals surface area contributed by atoms with E-state index in [-0.39, 0.29) is 13.2 Å². The van der Waals surface area contributed by atoms with Crippen molar-refractivity contribution < 1.29 is 28.6 Å². The molecule has 0 heterocycles. The number of hydrogen-bond acceptors (Lipinski definition) is 4. The van der Waals surface area contributed by atoms with Crippen LogP contribution in [0.5, 0.6) is 5.75 Å². The topological polar surface area (TPSA) is 76.1 Å². The molecule has 0 aromatic heterocycles. The number of carbonyl (C=O) groups excluding carboxylic acids is 1. The molecule has 0 radical (unpaired) electrons. The molecule has 1 N–H and O–H groups in total. The Morgan fingerprint density at radius 3 is 2.55 bits per heavy atom. The Hall–Kier alpha value is -2.31. The van der Waals surface area contributed by atoms with Gasteiger partial charge in [-0.2, -0.15) is 0 Å². The maximum Gasteiger partial charge on any atom is 0.410 e. The van der Waals surface area contributed by atoms with Crippen LogP contribution in [0.3, 0.4) is 0 Å². The molecule has 7 heteroatoms. The molecule has 0 fully saturated rings. The van der Waals surface area contributed by atoms with Crippen LogP contribution in [0.2, 0.25) is 0 Å². The van der Waals surface area contributed by atoms with E-state index in [1.54, 1.807) is 26.8 Å². The quantitative estimate of drug-likeness (QED) is 0.873. The van der Waals surface area contributed by atoms with Crippen molar-refractivity contribution in [1.82, 2.24) is 4.90 Å². The fraction of sp³-hybridized carbons (Fsp3) is 0.467. The lowest BCUT2D eigenvalue weighted by atomic mass is 10.2. The van der Waals surface area contributed by atoms with Crippen LogP contribution in [0.4, 0.5) is 9.18 Å². The number of benzene rings is 1. The van der Waals surface area contributed by atoms with E-state index in [0.717, 1.165) is 4.90 Å². The second-order valence-electron chi connectivity index (χ2n) is 5.60. The monoisotopic (exact) mass is 313 g/mol. The molecule has 1 amide bonds. The highest BCUT2D eigenvalue weighted by Gasteiger charge is 2.23. The van der Waals surface area contributed by atoms with Gasteiger partial charge >= 0.3 is 12.1 Å². The SMILES string of the molecule is CC(C)(C)OC(=O)N(CCOc1cccc(F)c1)CC(=O)O. The van der Waals surface area contributed by atoms with Gasteiger partial charge in [-0.1, -0.05) is 6.07 Å². The molecule has 1 aromatic carbocycles. The van der Waals surface area contributed by atoms with Gasteiger partial charge in [-0.25, -0.2) is 9.18 Å². The fourth-order valence-corrected chi connectivity index (χ4v) is 1.56. The predicted molar refractivity (Wildman–Crippen MR) is 77.3 cm³/mol. The third-order valence-corrected chi connectivity index (χ3v) is 2.40. The molecule has 0 aliphatic rings. The first-order valence-corrected chi connectivity index (χ1v) is 6.75. The molecule has 0 saturated carbocycles. The normalized spacial score (nSPS) is 10.9. The first-order chi connectivity index (χ1) is 10.2. The summed E-state index contributed by atoms with van der Waals surface area (Å²) in [5.41, 5.74) is -0.725. The van der Waals surface area contributed by atoms with Gasteiger partial charge in [0.1, 0.15) is 30.3 Å². The minimum Gasteiger partial charge on any atom is -0.492 e. The van der Waals surface area contributed by atoms with Gasteiger partial charge in [-0.15, -0.1) is 0 Å². The number of aliphatic carboxylic acids is 1. The van der Waals surface area contributed by atoms with Crippen molar-refractivity contribution in [2.24, 2.45) is 0 Å². The lowest BCUT2D eigenvalue weighted by Crippen LogP contribution is -2.41. The average molecular weight is 313 g/mol. The van der Waals surface area contributed by atoms with Gasteiger partial charge in [0.25, 0.3) is 0 Å². The zero-order valence-corrected chi connectivity index (χ0v) is 12.8. The highest BCUT2D eigenvalue weighted by atomic mass is 19.1. The van der Waals surface area contributed by atoms with Crippen molar-refractivity contribution in [2.75, 3.05) is 19.7 Å². The van der Waals surface area contributed by atoms with E-state index in [1.165, 1.54) is 18.2 Å². The molecular weight excluding hydrogens is 293 g/mol. The zero-order chi connectivity index (χ0) is 16.8. The molecule has 0 saturated heterocycles. The number of ether oxygens (including phenoxy) is 2. The third kappa shape index (κ3) is 6.92. The Bertz CT molecular complexity index is 527. The largest absolute Gasteiger partial charge is 0.492 e. The molecule has 1 aromatic rings. The Morgan fingerprint density at radius 1 is 1.32 bits per heavy atom. The average Bonchev–Trinajstić information content (AvgIpc) is 2.35. The Balaban J connectivity index is 2.58. The minimum absolute atomic E-state index is 0.0116. The summed E-state index contributed by atoms with van der Waals surface area (Å²) in [7, 11) is 0. The standard InChI is InChI=1S/C15H20FNO5/c1-15(2,3)22-14(20)17(10-13(18)19)7-8-21-12-6-4-5-11(16)9-12/h4-6,9H,7-8,10H2,1-3H3,(H,18,19). The highest BCUT2D eigenvalue weighted by molar-refractivity contribution is 5.76.